The summed E-state index contributed by atoms with van der Waals surface area (Å²) < 4.78 is 24.7. The van der Waals surface area contributed by atoms with E-state index in [1.165, 1.54) is 0 Å². The number of carbonyl (C=O) groups excluding carboxylic acids is 1. The Morgan fingerprint density at radius 1 is 1.12 bits per heavy atom. The van der Waals surface area contributed by atoms with Gasteiger partial charge in [0.05, 0.1) is 11.3 Å². The fourth-order valence-electron chi connectivity index (χ4n) is 3.49. The quantitative estimate of drug-likeness (QED) is 0.827. The van der Waals surface area contributed by atoms with Crippen LogP contribution in [-0.2, 0) is 14.6 Å². The lowest BCUT2D eigenvalue weighted by molar-refractivity contribution is -0.119. The Hall–Kier alpha value is -1.92. The van der Waals surface area contributed by atoms with E-state index in [4.69, 9.17) is 5.73 Å². The van der Waals surface area contributed by atoms with E-state index in [0.717, 1.165) is 29.2 Å². The van der Waals surface area contributed by atoms with E-state index in [2.05, 4.69) is 5.32 Å². The topological polar surface area (TPSA) is 89.3 Å². The minimum absolute atomic E-state index is 0.216. The van der Waals surface area contributed by atoms with Crippen LogP contribution in [0.2, 0.25) is 0 Å². The van der Waals surface area contributed by atoms with E-state index in [-0.39, 0.29) is 11.8 Å². The monoisotopic (exact) mass is 360 g/mol. The second kappa shape index (κ2) is 7.54. The summed E-state index contributed by atoms with van der Waals surface area (Å²) in [5.41, 5.74) is 6.70. The molecule has 1 atom stereocenters. The third-order valence-electron chi connectivity index (χ3n) is 4.89. The van der Waals surface area contributed by atoms with Crippen molar-refractivity contribution >= 4 is 26.5 Å². The fraction of sp³-hybridized carbons (Fsp3) is 0.421. The molecule has 3 rings (SSSR count). The van der Waals surface area contributed by atoms with Gasteiger partial charge < -0.3 is 11.1 Å². The number of nitrogens with one attached hydrogen (secondary N) is 1. The predicted molar refractivity (Wildman–Crippen MR) is 99.9 cm³/mol. The Balaban J connectivity index is 1.71. The van der Waals surface area contributed by atoms with E-state index in [1.807, 2.05) is 42.5 Å². The Bertz CT molecular complexity index is 858. The van der Waals surface area contributed by atoms with E-state index in [9.17, 15) is 13.2 Å². The van der Waals surface area contributed by atoms with Gasteiger partial charge in [0.2, 0.25) is 5.91 Å². The Labute approximate surface area is 148 Å². The van der Waals surface area contributed by atoms with E-state index >= 15 is 0 Å². The molecule has 0 aliphatic heterocycles. The number of benzene rings is 2. The van der Waals surface area contributed by atoms with Crippen LogP contribution in [0.3, 0.4) is 0 Å². The molecule has 5 nitrogen and oxygen atoms in total. The highest BCUT2D eigenvalue weighted by Crippen LogP contribution is 2.25. The van der Waals surface area contributed by atoms with E-state index in [1.54, 1.807) is 0 Å². The number of rotatable bonds is 6. The van der Waals surface area contributed by atoms with Gasteiger partial charge in [0.25, 0.3) is 0 Å². The van der Waals surface area contributed by atoms with Crippen molar-refractivity contribution in [2.24, 2.45) is 5.73 Å². The van der Waals surface area contributed by atoms with Gasteiger partial charge >= 0.3 is 0 Å². The number of hydrogen-bond donors (Lipinski definition) is 2. The summed E-state index contributed by atoms with van der Waals surface area (Å²) in [5.74, 6) is -0.933. The average Bonchev–Trinajstić information content (AvgIpc) is 3.14. The maximum atomic E-state index is 12.3. The lowest BCUT2D eigenvalue weighted by Gasteiger charge is -2.19. The number of fused-ring (bicyclic) bond motifs is 1. The van der Waals surface area contributed by atoms with Gasteiger partial charge in [0, 0.05) is 6.54 Å². The minimum Gasteiger partial charge on any atom is -0.347 e. The second-order valence-corrected chi connectivity index (χ2v) is 8.96. The van der Waals surface area contributed by atoms with Gasteiger partial charge in [-0.25, -0.2) is 8.42 Å². The SMILES string of the molecule is NCC(NC(=O)CS(=O)(=O)C1CCCC1)c1ccc2ccccc2c1. The lowest BCUT2D eigenvalue weighted by atomic mass is 10.0. The first-order valence-electron chi connectivity index (χ1n) is 8.69. The number of hydrogen-bond acceptors (Lipinski definition) is 4. The predicted octanol–water partition coefficient (Wildman–Crippen LogP) is 2.31. The molecule has 1 amide bonds. The van der Waals surface area contributed by atoms with Crippen LogP contribution in [0.5, 0.6) is 0 Å². The average molecular weight is 360 g/mol. The number of carbonyl (C=O) groups is 1. The molecule has 1 saturated carbocycles. The van der Waals surface area contributed by atoms with Gasteiger partial charge in [-0.2, -0.15) is 0 Å². The summed E-state index contributed by atoms with van der Waals surface area (Å²) in [4.78, 5) is 12.3. The van der Waals surface area contributed by atoms with Gasteiger partial charge in [-0.3, -0.25) is 4.79 Å². The van der Waals surface area contributed by atoms with Crippen LogP contribution in [0.1, 0.15) is 37.3 Å². The third-order valence-corrected chi connectivity index (χ3v) is 7.04. The third kappa shape index (κ3) is 4.19. The molecule has 0 spiro atoms. The van der Waals surface area contributed by atoms with Crippen molar-refractivity contribution in [1.82, 2.24) is 5.32 Å². The smallest absolute Gasteiger partial charge is 0.235 e. The summed E-state index contributed by atoms with van der Waals surface area (Å²) in [6.07, 6.45) is 3.18. The Kier molecular flexibility index (Phi) is 5.39. The standard InChI is InChI=1S/C19H24N2O3S/c20-12-18(16-10-9-14-5-1-2-6-15(14)11-16)21-19(22)13-25(23,24)17-7-3-4-8-17/h1-2,5-6,9-11,17-18H,3-4,7-8,12-13,20H2,(H,21,22). The molecular formula is C19H24N2O3S. The van der Waals surface area contributed by atoms with Crippen LogP contribution in [0.15, 0.2) is 42.5 Å². The van der Waals surface area contributed by atoms with Crippen molar-refractivity contribution in [3.8, 4) is 0 Å². The maximum Gasteiger partial charge on any atom is 0.235 e. The molecule has 0 bridgehead atoms. The summed E-state index contributed by atoms with van der Waals surface area (Å²) in [7, 11) is -3.38. The molecule has 2 aromatic rings. The van der Waals surface area contributed by atoms with Crippen LogP contribution in [0.4, 0.5) is 0 Å². The molecule has 0 saturated heterocycles. The number of nitrogens with two attached hydrogens (primary N) is 1. The van der Waals surface area contributed by atoms with Crippen LogP contribution in [0, 0.1) is 0 Å². The summed E-state index contributed by atoms with van der Waals surface area (Å²) in [5, 5.41) is 4.59. The summed E-state index contributed by atoms with van der Waals surface area (Å²) >= 11 is 0. The molecule has 0 heterocycles. The summed E-state index contributed by atoms with van der Waals surface area (Å²) in [6, 6.07) is 13.4. The van der Waals surface area contributed by atoms with E-state index < -0.39 is 27.5 Å². The zero-order chi connectivity index (χ0) is 17.9. The normalized spacial score (nSPS) is 16.8. The zero-order valence-corrected chi connectivity index (χ0v) is 15.0. The molecule has 6 heteroatoms. The van der Waals surface area contributed by atoms with Crippen molar-refractivity contribution in [3.05, 3.63) is 48.0 Å². The van der Waals surface area contributed by atoms with Crippen molar-refractivity contribution in [2.45, 2.75) is 37.0 Å². The first kappa shape index (κ1) is 17.9. The molecule has 1 unspecified atom stereocenters. The van der Waals surface area contributed by atoms with Crippen LogP contribution < -0.4 is 11.1 Å². The molecule has 25 heavy (non-hydrogen) atoms. The molecule has 1 aliphatic carbocycles. The first-order valence-corrected chi connectivity index (χ1v) is 10.4. The molecule has 2 aromatic carbocycles. The molecule has 1 aliphatic rings. The highest BCUT2D eigenvalue weighted by atomic mass is 32.2. The fourth-order valence-corrected chi connectivity index (χ4v) is 5.22. The Morgan fingerprint density at radius 3 is 2.48 bits per heavy atom. The highest BCUT2D eigenvalue weighted by molar-refractivity contribution is 7.92. The maximum absolute atomic E-state index is 12.3. The van der Waals surface area contributed by atoms with E-state index in [0.29, 0.717) is 12.8 Å². The highest BCUT2D eigenvalue weighted by Gasteiger charge is 2.31. The number of sulfone groups is 1. The molecule has 1 fully saturated rings. The van der Waals surface area contributed by atoms with Crippen LogP contribution in [-0.4, -0.2) is 31.9 Å². The number of amides is 1. The molecular weight excluding hydrogens is 336 g/mol. The van der Waals surface area contributed by atoms with Crippen LogP contribution >= 0.6 is 0 Å². The molecule has 0 aromatic heterocycles. The van der Waals surface area contributed by atoms with Gasteiger partial charge in [-0.15, -0.1) is 0 Å². The van der Waals surface area contributed by atoms with Crippen molar-refractivity contribution < 1.29 is 13.2 Å². The zero-order valence-electron chi connectivity index (χ0n) is 14.1. The second-order valence-electron chi connectivity index (χ2n) is 6.68. The van der Waals surface area contributed by atoms with Gasteiger partial charge in [-0.05, 0) is 35.2 Å². The molecule has 134 valence electrons. The first-order chi connectivity index (χ1) is 12.0. The largest absolute Gasteiger partial charge is 0.347 e. The Morgan fingerprint density at radius 2 is 1.80 bits per heavy atom. The van der Waals surface area contributed by atoms with Crippen LogP contribution in [0.25, 0.3) is 10.8 Å². The van der Waals surface area contributed by atoms with Crippen molar-refractivity contribution in [3.63, 3.8) is 0 Å². The molecule has 3 N–H and O–H groups in total. The van der Waals surface area contributed by atoms with Crippen molar-refractivity contribution in [2.75, 3.05) is 12.3 Å². The van der Waals surface area contributed by atoms with Gasteiger partial charge in [0.15, 0.2) is 9.84 Å². The lowest BCUT2D eigenvalue weighted by Crippen LogP contribution is -2.38. The molecule has 0 radical (unpaired) electrons. The summed E-state index contributed by atoms with van der Waals surface area (Å²) in [6.45, 7) is 0.216. The van der Waals surface area contributed by atoms with Crippen molar-refractivity contribution in [1.29, 1.82) is 0 Å². The minimum atomic E-state index is -3.38. The van der Waals surface area contributed by atoms with Gasteiger partial charge in [-0.1, -0.05) is 49.2 Å². The van der Waals surface area contributed by atoms with Gasteiger partial charge in [0.1, 0.15) is 5.75 Å².